The van der Waals surface area contributed by atoms with Crippen molar-refractivity contribution in [1.29, 1.82) is 0 Å². The van der Waals surface area contributed by atoms with Crippen LogP contribution in [0.15, 0.2) is 48.7 Å². The van der Waals surface area contributed by atoms with E-state index in [1.165, 1.54) is 5.52 Å². The van der Waals surface area contributed by atoms with Crippen molar-refractivity contribution in [3.63, 3.8) is 0 Å². The Bertz CT molecular complexity index is 703. The summed E-state index contributed by atoms with van der Waals surface area (Å²) in [6.45, 7) is 4.71. The fraction of sp³-hybridized carbons (Fsp3) is 0.294. The smallest absolute Gasteiger partial charge is 0.123 e. The maximum Gasteiger partial charge on any atom is 0.123 e. The molecule has 1 aromatic carbocycles. The summed E-state index contributed by atoms with van der Waals surface area (Å²) in [5, 5.41) is 3.43. The molecule has 2 aromatic heterocycles. The third-order valence-corrected chi connectivity index (χ3v) is 3.50. The highest BCUT2D eigenvalue weighted by atomic mass is 15.1. The third-order valence-electron chi connectivity index (χ3n) is 3.50. The molecule has 0 saturated heterocycles. The molecule has 0 radical (unpaired) electrons. The highest BCUT2D eigenvalue weighted by molar-refractivity contribution is 5.75. The summed E-state index contributed by atoms with van der Waals surface area (Å²) < 4.78 is 2.31. The van der Waals surface area contributed by atoms with E-state index in [4.69, 9.17) is 4.98 Å². The summed E-state index contributed by atoms with van der Waals surface area (Å²) in [5.41, 5.74) is 3.34. The first-order valence-electron chi connectivity index (χ1n) is 7.43. The van der Waals surface area contributed by atoms with Gasteiger partial charge in [0.2, 0.25) is 0 Å². The minimum atomic E-state index is 0.755. The van der Waals surface area contributed by atoms with Crippen molar-refractivity contribution in [2.75, 3.05) is 0 Å². The summed E-state index contributed by atoms with van der Waals surface area (Å²) in [7, 11) is 0. The van der Waals surface area contributed by atoms with Gasteiger partial charge in [0.05, 0.1) is 23.3 Å². The van der Waals surface area contributed by atoms with Crippen molar-refractivity contribution in [2.45, 2.75) is 33.0 Å². The average molecular weight is 280 g/mol. The van der Waals surface area contributed by atoms with Crippen LogP contribution >= 0.6 is 0 Å². The molecule has 0 unspecified atom stereocenters. The van der Waals surface area contributed by atoms with Gasteiger partial charge in [-0.3, -0.25) is 4.98 Å². The Hall–Kier alpha value is -2.20. The molecule has 3 rings (SSSR count). The lowest BCUT2D eigenvalue weighted by atomic mass is 10.3. The summed E-state index contributed by atoms with van der Waals surface area (Å²) in [6.07, 6.45) is 2.93. The molecule has 0 spiro atoms. The van der Waals surface area contributed by atoms with Crippen LogP contribution in [0.3, 0.4) is 0 Å². The van der Waals surface area contributed by atoms with E-state index < -0.39 is 0 Å². The van der Waals surface area contributed by atoms with Crippen LogP contribution < -0.4 is 5.32 Å². The number of fused-ring (bicyclic) bond motifs is 1. The van der Waals surface area contributed by atoms with Crippen molar-refractivity contribution in [3.8, 4) is 0 Å². The van der Waals surface area contributed by atoms with Gasteiger partial charge in [0, 0.05) is 19.3 Å². The Kier molecular flexibility index (Phi) is 4.26. The normalized spacial score (nSPS) is 11.1. The number of nitrogens with one attached hydrogen (secondary N) is 1. The predicted molar refractivity (Wildman–Crippen MR) is 84.8 cm³/mol. The van der Waals surface area contributed by atoms with E-state index in [2.05, 4.69) is 40.0 Å². The zero-order valence-corrected chi connectivity index (χ0v) is 12.3. The van der Waals surface area contributed by atoms with Crippen LogP contribution in [-0.2, 0) is 19.6 Å². The van der Waals surface area contributed by atoms with Crippen molar-refractivity contribution < 1.29 is 0 Å². The maximum atomic E-state index is 4.74. The lowest BCUT2D eigenvalue weighted by molar-refractivity contribution is 0.594. The molecule has 0 fully saturated rings. The third kappa shape index (κ3) is 3.11. The van der Waals surface area contributed by atoms with Crippen LogP contribution in [0.5, 0.6) is 0 Å². The monoisotopic (exact) mass is 280 g/mol. The number of nitrogens with zero attached hydrogens (tertiary/aromatic N) is 3. The number of hydrogen-bond donors (Lipinski definition) is 1. The van der Waals surface area contributed by atoms with Gasteiger partial charge in [-0.1, -0.05) is 25.1 Å². The molecule has 0 aliphatic carbocycles. The number of aromatic nitrogens is 3. The fourth-order valence-corrected chi connectivity index (χ4v) is 2.54. The van der Waals surface area contributed by atoms with Crippen molar-refractivity contribution in [1.82, 2.24) is 19.9 Å². The van der Waals surface area contributed by atoms with Gasteiger partial charge in [-0.2, -0.15) is 0 Å². The second-order valence-electron chi connectivity index (χ2n) is 5.09. The number of rotatable bonds is 6. The number of para-hydroxylation sites is 2. The van der Waals surface area contributed by atoms with E-state index in [-0.39, 0.29) is 0 Å². The first kappa shape index (κ1) is 13.8. The first-order valence-corrected chi connectivity index (χ1v) is 7.43. The standard InChI is InChI=1S/C17H20N4/c1-2-11-21-16-9-4-3-8-15(16)20-17(21)13-18-12-14-7-5-6-10-19-14/h3-10,18H,2,11-13H2,1H3. The molecule has 0 saturated carbocycles. The van der Waals surface area contributed by atoms with E-state index in [1.807, 2.05) is 30.5 Å². The van der Waals surface area contributed by atoms with E-state index in [9.17, 15) is 0 Å². The second kappa shape index (κ2) is 6.50. The van der Waals surface area contributed by atoms with Crippen molar-refractivity contribution >= 4 is 11.0 Å². The lowest BCUT2D eigenvalue weighted by Gasteiger charge is -2.08. The van der Waals surface area contributed by atoms with Gasteiger partial charge in [-0.05, 0) is 30.7 Å². The summed E-state index contributed by atoms with van der Waals surface area (Å²) in [6, 6.07) is 14.3. The van der Waals surface area contributed by atoms with E-state index in [1.54, 1.807) is 0 Å². The SMILES string of the molecule is CCCn1c(CNCc2ccccn2)nc2ccccc21. The average Bonchev–Trinajstić information content (AvgIpc) is 2.87. The molecule has 0 amide bonds. The van der Waals surface area contributed by atoms with E-state index in [0.29, 0.717) is 0 Å². The molecule has 1 N–H and O–H groups in total. The number of aryl methyl sites for hydroxylation is 1. The predicted octanol–water partition coefficient (Wildman–Crippen LogP) is 3.13. The topological polar surface area (TPSA) is 42.7 Å². The van der Waals surface area contributed by atoms with Crippen LogP contribution in [0.1, 0.15) is 24.9 Å². The van der Waals surface area contributed by atoms with Gasteiger partial charge in [-0.15, -0.1) is 0 Å². The van der Waals surface area contributed by atoms with Crippen LogP contribution in [0, 0.1) is 0 Å². The van der Waals surface area contributed by atoms with Crippen molar-refractivity contribution in [3.05, 3.63) is 60.2 Å². The minimum Gasteiger partial charge on any atom is -0.327 e. The molecule has 4 nitrogen and oxygen atoms in total. The summed E-state index contributed by atoms with van der Waals surface area (Å²) in [4.78, 5) is 9.06. The Morgan fingerprint density at radius 1 is 1.05 bits per heavy atom. The molecular weight excluding hydrogens is 260 g/mol. The molecule has 21 heavy (non-hydrogen) atoms. The molecule has 0 atom stereocenters. The lowest BCUT2D eigenvalue weighted by Crippen LogP contribution is -2.17. The van der Waals surface area contributed by atoms with Crippen LogP contribution in [-0.4, -0.2) is 14.5 Å². The Labute approximate surface area is 124 Å². The van der Waals surface area contributed by atoms with Gasteiger partial charge in [-0.25, -0.2) is 4.98 Å². The molecule has 0 aliphatic heterocycles. The summed E-state index contributed by atoms with van der Waals surface area (Å²) in [5.74, 6) is 1.09. The van der Waals surface area contributed by atoms with Gasteiger partial charge < -0.3 is 9.88 Å². The van der Waals surface area contributed by atoms with Gasteiger partial charge in [0.1, 0.15) is 5.82 Å². The zero-order chi connectivity index (χ0) is 14.5. The first-order chi connectivity index (χ1) is 10.4. The maximum absolute atomic E-state index is 4.74. The molecule has 2 heterocycles. The molecular formula is C17H20N4. The van der Waals surface area contributed by atoms with E-state index in [0.717, 1.165) is 43.1 Å². The fourth-order valence-electron chi connectivity index (χ4n) is 2.54. The van der Waals surface area contributed by atoms with Crippen LogP contribution in [0.4, 0.5) is 0 Å². The molecule has 3 aromatic rings. The van der Waals surface area contributed by atoms with Crippen LogP contribution in [0.25, 0.3) is 11.0 Å². The number of benzene rings is 1. The highest BCUT2D eigenvalue weighted by Crippen LogP contribution is 2.16. The second-order valence-corrected chi connectivity index (χ2v) is 5.09. The van der Waals surface area contributed by atoms with Gasteiger partial charge in [0.15, 0.2) is 0 Å². The van der Waals surface area contributed by atoms with Crippen molar-refractivity contribution in [2.24, 2.45) is 0 Å². The molecule has 108 valence electrons. The number of imidazole rings is 1. The van der Waals surface area contributed by atoms with Gasteiger partial charge >= 0.3 is 0 Å². The summed E-state index contributed by atoms with van der Waals surface area (Å²) >= 11 is 0. The van der Waals surface area contributed by atoms with Crippen LogP contribution in [0.2, 0.25) is 0 Å². The molecule has 4 heteroatoms. The Morgan fingerprint density at radius 2 is 1.90 bits per heavy atom. The highest BCUT2D eigenvalue weighted by Gasteiger charge is 2.09. The largest absolute Gasteiger partial charge is 0.327 e. The van der Waals surface area contributed by atoms with E-state index >= 15 is 0 Å². The molecule has 0 bridgehead atoms. The quantitative estimate of drug-likeness (QED) is 0.754. The molecule has 0 aliphatic rings. The van der Waals surface area contributed by atoms with Gasteiger partial charge in [0.25, 0.3) is 0 Å². The Morgan fingerprint density at radius 3 is 2.71 bits per heavy atom. The zero-order valence-electron chi connectivity index (χ0n) is 12.3. The Balaban J connectivity index is 1.75. The number of hydrogen-bond acceptors (Lipinski definition) is 3. The minimum absolute atomic E-state index is 0.755. The number of pyridine rings is 1.